The molecule has 0 bridgehead atoms. The van der Waals surface area contributed by atoms with Gasteiger partial charge in [-0.2, -0.15) is 23.3 Å². The Morgan fingerprint density at radius 2 is 2.05 bits per heavy atom. The van der Waals surface area contributed by atoms with Gasteiger partial charge in [0, 0.05) is 6.20 Å². The van der Waals surface area contributed by atoms with Gasteiger partial charge in [0.15, 0.2) is 5.82 Å². The van der Waals surface area contributed by atoms with Crippen molar-refractivity contribution in [2.45, 2.75) is 26.4 Å². The lowest BCUT2D eigenvalue weighted by molar-refractivity contribution is -0.137. The Labute approximate surface area is 107 Å². The molecule has 1 atom stereocenters. The quantitative estimate of drug-likeness (QED) is 0.830. The van der Waals surface area contributed by atoms with Crippen LogP contribution in [0.4, 0.5) is 19.0 Å². The molecule has 1 amide bonds. The van der Waals surface area contributed by atoms with Crippen molar-refractivity contribution in [3.63, 3.8) is 0 Å². The monoisotopic (exact) mass is 271 g/mol. The van der Waals surface area contributed by atoms with E-state index in [-0.39, 0.29) is 17.6 Å². The number of hydrazone groups is 1. The number of halogens is 3. The molecule has 0 aromatic carbocycles. The third-order valence-corrected chi connectivity index (χ3v) is 2.96. The van der Waals surface area contributed by atoms with Crippen molar-refractivity contribution in [2.24, 2.45) is 11.0 Å². The van der Waals surface area contributed by atoms with E-state index in [1.54, 1.807) is 6.92 Å². The third kappa shape index (κ3) is 2.45. The summed E-state index contributed by atoms with van der Waals surface area (Å²) in [5, 5.41) is 5.15. The van der Waals surface area contributed by atoms with E-state index < -0.39 is 11.7 Å². The Bertz CT molecular complexity index is 522. The molecule has 4 nitrogen and oxygen atoms in total. The molecule has 0 saturated carbocycles. The fraction of sp³-hybridized carbons (Fsp3) is 0.417. The average Bonchev–Trinajstić information content (AvgIpc) is 2.65. The van der Waals surface area contributed by atoms with Crippen LogP contribution in [0.5, 0.6) is 0 Å². The highest BCUT2D eigenvalue weighted by atomic mass is 19.4. The largest absolute Gasteiger partial charge is 0.417 e. The Balaban J connectivity index is 2.29. The van der Waals surface area contributed by atoms with Crippen molar-refractivity contribution in [1.29, 1.82) is 0 Å². The standard InChI is InChI=1S/C12H12F3N3O/c1-3-9-7(2)11(19)18(17-9)10-5-4-8(6-16-10)12(13,14)15/h4-7H,3H2,1-2H3. The maximum Gasteiger partial charge on any atom is 0.417 e. The van der Waals surface area contributed by atoms with E-state index in [9.17, 15) is 18.0 Å². The highest BCUT2D eigenvalue weighted by Gasteiger charge is 2.34. The highest BCUT2D eigenvalue weighted by molar-refractivity contribution is 6.14. The van der Waals surface area contributed by atoms with Gasteiger partial charge in [-0.25, -0.2) is 4.98 Å². The molecule has 7 heteroatoms. The lowest BCUT2D eigenvalue weighted by Gasteiger charge is -2.12. The molecule has 0 saturated heterocycles. The number of amides is 1. The minimum atomic E-state index is -4.44. The minimum Gasteiger partial charge on any atom is -0.272 e. The van der Waals surface area contributed by atoms with E-state index in [4.69, 9.17) is 0 Å². The van der Waals surface area contributed by atoms with Crippen molar-refractivity contribution < 1.29 is 18.0 Å². The summed E-state index contributed by atoms with van der Waals surface area (Å²) in [7, 11) is 0. The van der Waals surface area contributed by atoms with Crippen LogP contribution in [0.15, 0.2) is 23.4 Å². The summed E-state index contributed by atoms with van der Waals surface area (Å²) >= 11 is 0. The normalized spacial score (nSPS) is 19.8. The topological polar surface area (TPSA) is 45.6 Å². The number of nitrogens with zero attached hydrogens (tertiary/aromatic N) is 3. The second kappa shape index (κ2) is 4.64. The number of anilines is 1. The minimum absolute atomic E-state index is 0.105. The molecule has 1 unspecified atom stereocenters. The summed E-state index contributed by atoms with van der Waals surface area (Å²) in [5.74, 6) is -0.522. The lowest BCUT2D eigenvalue weighted by atomic mass is 10.0. The van der Waals surface area contributed by atoms with Gasteiger partial charge in [0.1, 0.15) is 0 Å². The molecule has 19 heavy (non-hydrogen) atoms. The fourth-order valence-corrected chi connectivity index (χ4v) is 1.81. The number of hydrogen-bond acceptors (Lipinski definition) is 3. The Morgan fingerprint density at radius 3 is 2.47 bits per heavy atom. The van der Waals surface area contributed by atoms with Crippen LogP contribution in [0.3, 0.4) is 0 Å². The molecule has 0 aliphatic carbocycles. The van der Waals surface area contributed by atoms with Crippen LogP contribution in [0, 0.1) is 5.92 Å². The van der Waals surface area contributed by atoms with Crippen LogP contribution in [0.25, 0.3) is 0 Å². The molecule has 1 aliphatic rings. The summed E-state index contributed by atoms with van der Waals surface area (Å²) in [6.45, 7) is 3.58. The summed E-state index contributed by atoms with van der Waals surface area (Å²) in [4.78, 5) is 15.6. The molecule has 0 radical (unpaired) electrons. The van der Waals surface area contributed by atoms with Gasteiger partial charge in [-0.1, -0.05) is 6.92 Å². The first-order valence-corrected chi connectivity index (χ1v) is 5.79. The molecular formula is C12H12F3N3O. The van der Waals surface area contributed by atoms with Gasteiger partial charge in [0.25, 0.3) is 5.91 Å². The van der Waals surface area contributed by atoms with Crippen molar-refractivity contribution in [2.75, 3.05) is 5.01 Å². The van der Waals surface area contributed by atoms with E-state index >= 15 is 0 Å². The van der Waals surface area contributed by atoms with Crippen molar-refractivity contribution in [1.82, 2.24) is 4.98 Å². The summed E-state index contributed by atoms with van der Waals surface area (Å²) in [6.07, 6.45) is -3.12. The summed E-state index contributed by atoms with van der Waals surface area (Å²) in [6, 6.07) is 2.04. The van der Waals surface area contributed by atoms with Crippen LogP contribution in [-0.2, 0) is 11.0 Å². The molecule has 1 aliphatic heterocycles. The summed E-state index contributed by atoms with van der Waals surface area (Å²) in [5.41, 5.74) is -0.151. The smallest absolute Gasteiger partial charge is 0.272 e. The lowest BCUT2D eigenvalue weighted by Crippen LogP contribution is -2.26. The molecule has 0 spiro atoms. The molecule has 102 valence electrons. The number of aromatic nitrogens is 1. The van der Waals surface area contributed by atoms with Crippen LogP contribution in [0.2, 0.25) is 0 Å². The number of rotatable bonds is 2. The molecule has 1 aromatic rings. The summed E-state index contributed by atoms with van der Waals surface area (Å²) < 4.78 is 37.2. The number of carbonyl (C=O) groups is 1. The second-order valence-electron chi connectivity index (χ2n) is 4.22. The molecule has 2 rings (SSSR count). The number of pyridine rings is 1. The van der Waals surface area contributed by atoms with Crippen molar-refractivity contribution >= 4 is 17.4 Å². The van der Waals surface area contributed by atoms with E-state index in [0.717, 1.165) is 17.1 Å². The predicted octanol–water partition coefficient (Wildman–Crippen LogP) is 2.85. The molecule has 0 N–H and O–H groups in total. The average molecular weight is 271 g/mol. The zero-order valence-corrected chi connectivity index (χ0v) is 10.4. The SMILES string of the molecule is CCC1=NN(c2ccc(C(F)(F)F)cn2)C(=O)C1C. The van der Waals surface area contributed by atoms with E-state index in [0.29, 0.717) is 18.3 Å². The Kier molecular flexibility index (Phi) is 3.30. The van der Waals surface area contributed by atoms with Gasteiger partial charge in [-0.3, -0.25) is 4.79 Å². The fourth-order valence-electron chi connectivity index (χ4n) is 1.81. The van der Waals surface area contributed by atoms with E-state index in [2.05, 4.69) is 10.1 Å². The molecule has 2 heterocycles. The van der Waals surface area contributed by atoms with Gasteiger partial charge in [0.2, 0.25) is 0 Å². The number of carbonyl (C=O) groups excluding carboxylic acids is 1. The number of alkyl halides is 3. The van der Waals surface area contributed by atoms with Crippen LogP contribution >= 0.6 is 0 Å². The first-order valence-electron chi connectivity index (χ1n) is 5.79. The first kappa shape index (κ1) is 13.5. The van der Waals surface area contributed by atoms with E-state index in [1.807, 2.05) is 6.92 Å². The Hall–Kier alpha value is -1.92. The van der Waals surface area contributed by atoms with Gasteiger partial charge >= 0.3 is 6.18 Å². The maximum absolute atomic E-state index is 12.4. The molecule has 1 aromatic heterocycles. The molecule has 0 fully saturated rings. The highest BCUT2D eigenvalue weighted by Crippen LogP contribution is 2.30. The van der Waals surface area contributed by atoms with Crippen LogP contribution in [-0.4, -0.2) is 16.6 Å². The van der Waals surface area contributed by atoms with Gasteiger partial charge in [0.05, 0.1) is 17.2 Å². The number of hydrogen-bond donors (Lipinski definition) is 0. The molecular weight excluding hydrogens is 259 g/mol. The van der Waals surface area contributed by atoms with E-state index in [1.165, 1.54) is 0 Å². The maximum atomic E-state index is 12.4. The van der Waals surface area contributed by atoms with Crippen molar-refractivity contribution in [3.8, 4) is 0 Å². The third-order valence-electron chi connectivity index (χ3n) is 2.96. The van der Waals surface area contributed by atoms with Gasteiger partial charge in [-0.15, -0.1) is 0 Å². The van der Waals surface area contributed by atoms with Gasteiger partial charge < -0.3 is 0 Å². The van der Waals surface area contributed by atoms with Gasteiger partial charge in [-0.05, 0) is 25.5 Å². The van der Waals surface area contributed by atoms with Crippen LogP contribution in [0.1, 0.15) is 25.8 Å². The zero-order valence-electron chi connectivity index (χ0n) is 10.4. The van der Waals surface area contributed by atoms with Crippen molar-refractivity contribution in [3.05, 3.63) is 23.9 Å². The first-order chi connectivity index (χ1) is 8.84. The second-order valence-corrected chi connectivity index (χ2v) is 4.22. The predicted molar refractivity (Wildman–Crippen MR) is 63.6 cm³/mol. The zero-order chi connectivity index (χ0) is 14.2. The van der Waals surface area contributed by atoms with Crippen LogP contribution < -0.4 is 5.01 Å². The Morgan fingerprint density at radius 1 is 1.37 bits per heavy atom.